The molecule has 20 heavy (non-hydrogen) atoms. The molecule has 0 saturated carbocycles. The van der Waals surface area contributed by atoms with Crippen LogP contribution in [-0.4, -0.2) is 12.9 Å². The number of ether oxygens (including phenoxy) is 2. The van der Waals surface area contributed by atoms with Crippen LogP contribution >= 0.6 is 0 Å². The van der Waals surface area contributed by atoms with Crippen molar-refractivity contribution in [2.24, 2.45) is 0 Å². The molecule has 4 heteroatoms. The monoisotopic (exact) mass is 274 g/mol. The second-order valence-electron chi connectivity index (χ2n) is 4.34. The molecule has 0 radical (unpaired) electrons. The first-order valence-electron chi connectivity index (χ1n) is 6.16. The minimum Gasteiger partial charge on any atom is -0.496 e. The molecule has 0 spiro atoms. The Morgan fingerprint density at radius 2 is 2.00 bits per heavy atom. The van der Waals surface area contributed by atoms with Gasteiger partial charge < -0.3 is 9.47 Å². The number of carbonyl (C=O) groups is 1. The third-order valence-corrected chi connectivity index (χ3v) is 2.85. The van der Waals surface area contributed by atoms with Gasteiger partial charge in [0.25, 0.3) is 0 Å². The van der Waals surface area contributed by atoms with Crippen LogP contribution in [0.5, 0.6) is 11.5 Å². The van der Waals surface area contributed by atoms with Crippen molar-refractivity contribution >= 4 is 5.78 Å². The number of benzene rings is 2. The van der Waals surface area contributed by atoms with Crippen molar-refractivity contribution in [2.45, 2.75) is 13.5 Å². The summed E-state index contributed by atoms with van der Waals surface area (Å²) in [6.07, 6.45) is 0. The Balaban J connectivity index is 2.12. The molecule has 0 bridgehead atoms. The molecular weight excluding hydrogens is 259 g/mol. The van der Waals surface area contributed by atoms with Gasteiger partial charge in [-0.15, -0.1) is 0 Å². The lowest BCUT2D eigenvalue weighted by atomic mass is 10.1. The number of hydrogen-bond acceptors (Lipinski definition) is 3. The van der Waals surface area contributed by atoms with Crippen LogP contribution in [0.1, 0.15) is 22.8 Å². The lowest BCUT2D eigenvalue weighted by molar-refractivity contribution is 0.101. The highest BCUT2D eigenvalue weighted by molar-refractivity contribution is 5.97. The molecule has 104 valence electrons. The summed E-state index contributed by atoms with van der Waals surface area (Å²) in [6.45, 7) is 1.73. The molecule has 2 aromatic rings. The van der Waals surface area contributed by atoms with Gasteiger partial charge in [-0.05, 0) is 36.8 Å². The van der Waals surface area contributed by atoms with Crippen molar-refractivity contribution in [1.82, 2.24) is 0 Å². The van der Waals surface area contributed by atoms with Crippen LogP contribution in [0.15, 0.2) is 42.5 Å². The third kappa shape index (κ3) is 3.35. The molecule has 0 aliphatic carbocycles. The smallest absolute Gasteiger partial charge is 0.163 e. The maximum absolute atomic E-state index is 13.0. The topological polar surface area (TPSA) is 35.5 Å². The molecule has 0 saturated heterocycles. The number of Topliss-reactive ketones (excluding diaryl/α,β-unsaturated/α-hetero) is 1. The first-order chi connectivity index (χ1) is 9.60. The number of hydrogen-bond donors (Lipinski definition) is 0. The maximum Gasteiger partial charge on any atom is 0.163 e. The quantitative estimate of drug-likeness (QED) is 0.781. The molecular formula is C16H15FO3. The lowest BCUT2D eigenvalue weighted by Crippen LogP contribution is -2.00. The first kappa shape index (κ1) is 14.1. The molecule has 2 aromatic carbocycles. The van der Waals surface area contributed by atoms with Gasteiger partial charge in [-0.25, -0.2) is 4.39 Å². The van der Waals surface area contributed by atoms with Gasteiger partial charge >= 0.3 is 0 Å². The summed E-state index contributed by atoms with van der Waals surface area (Å²) in [5.41, 5.74) is 1.24. The maximum atomic E-state index is 13.0. The van der Waals surface area contributed by atoms with E-state index in [1.807, 2.05) is 0 Å². The summed E-state index contributed by atoms with van der Waals surface area (Å²) >= 11 is 0. The predicted molar refractivity (Wildman–Crippen MR) is 73.7 cm³/mol. The van der Waals surface area contributed by atoms with E-state index in [0.717, 1.165) is 5.56 Å². The Morgan fingerprint density at radius 1 is 1.20 bits per heavy atom. The summed E-state index contributed by atoms with van der Waals surface area (Å²) in [5, 5.41) is 0. The number of methoxy groups -OCH3 is 1. The van der Waals surface area contributed by atoms with E-state index >= 15 is 0 Å². The summed E-state index contributed by atoms with van der Waals surface area (Å²) < 4.78 is 23.8. The molecule has 0 aromatic heterocycles. The molecule has 0 atom stereocenters. The van der Waals surface area contributed by atoms with Crippen molar-refractivity contribution in [2.75, 3.05) is 7.11 Å². The molecule has 0 unspecified atom stereocenters. The molecule has 0 aliphatic rings. The molecule has 0 heterocycles. The number of ketones is 1. The zero-order valence-corrected chi connectivity index (χ0v) is 11.4. The van der Waals surface area contributed by atoms with E-state index in [0.29, 0.717) is 17.1 Å². The lowest BCUT2D eigenvalue weighted by Gasteiger charge is -2.10. The van der Waals surface area contributed by atoms with E-state index in [1.54, 1.807) is 30.3 Å². The van der Waals surface area contributed by atoms with Crippen molar-refractivity contribution in [3.8, 4) is 11.5 Å². The fourth-order valence-electron chi connectivity index (χ4n) is 1.85. The van der Waals surface area contributed by atoms with Crippen LogP contribution in [0.25, 0.3) is 0 Å². The highest BCUT2D eigenvalue weighted by atomic mass is 19.1. The minimum absolute atomic E-state index is 0.0708. The van der Waals surface area contributed by atoms with Gasteiger partial charge in [0.05, 0.1) is 12.7 Å². The van der Waals surface area contributed by atoms with Gasteiger partial charge in [-0.3, -0.25) is 4.79 Å². The molecule has 0 aliphatic heterocycles. The van der Waals surface area contributed by atoms with E-state index in [9.17, 15) is 9.18 Å². The minimum atomic E-state index is -0.296. The molecule has 0 amide bonds. The third-order valence-electron chi connectivity index (χ3n) is 2.85. The Bertz CT molecular complexity index is 623. The van der Waals surface area contributed by atoms with Crippen LogP contribution in [0.2, 0.25) is 0 Å². The summed E-state index contributed by atoms with van der Waals surface area (Å²) in [6, 6.07) is 11.2. The Labute approximate surface area is 117 Å². The molecule has 3 nitrogen and oxygen atoms in total. The highest BCUT2D eigenvalue weighted by Gasteiger charge is 2.09. The van der Waals surface area contributed by atoms with E-state index < -0.39 is 0 Å². The average molecular weight is 274 g/mol. The van der Waals surface area contributed by atoms with Crippen LogP contribution in [0, 0.1) is 5.82 Å². The Hall–Kier alpha value is -2.36. The fourth-order valence-corrected chi connectivity index (χ4v) is 1.85. The van der Waals surface area contributed by atoms with Crippen molar-refractivity contribution in [3.05, 3.63) is 59.4 Å². The van der Waals surface area contributed by atoms with Gasteiger partial charge in [-0.1, -0.05) is 12.1 Å². The van der Waals surface area contributed by atoms with E-state index in [2.05, 4.69) is 0 Å². The highest BCUT2D eigenvalue weighted by Crippen LogP contribution is 2.25. The van der Waals surface area contributed by atoms with Crippen LogP contribution in [0.4, 0.5) is 4.39 Å². The van der Waals surface area contributed by atoms with Crippen LogP contribution in [-0.2, 0) is 6.61 Å². The molecule has 2 rings (SSSR count). The zero-order chi connectivity index (χ0) is 14.5. The molecule has 0 fully saturated rings. The van der Waals surface area contributed by atoms with Gasteiger partial charge in [0, 0.05) is 6.07 Å². The van der Waals surface area contributed by atoms with Crippen LogP contribution in [0.3, 0.4) is 0 Å². The number of rotatable bonds is 5. The van der Waals surface area contributed by atoms with Crippen molar-refractivity contribution in [1.29, 1.82) is 0 Å². The second kappa shape index (κ2) is 6.19. The average Bonchev–Trinajstić information content (AvgIpc) is 2.44. The summed E-state index contributed by atoms with van der Waals surface area (Å²) in [5.74, 6) is 0.666. The van der Waals surface area contributed by atoms with Crippen LogP contribution < -0.4 is 9.47 Å². The van der Waals surface area contributed by atoms with E-state index in [4.69, 9.17) is 9.47 Å². The number of carbonyl (C=O) groups excluding carboxylic acids is 1. The van der Waals surface area contributed by atoms with Gasteiger partial charge in [0.1, 0.15) is 23.9 Å². The van der Waals surface area contributed by atoms with E-state index in [1.165, 1.54) is 26.2 Å². The first-order valence-corrected chi connectivity index (χ1v) is 6.16. The van der Waals surface area contributed by atoms with Gasteiger partial charge in [-0.2, -0.15) is 0 Å². The Kier molecular flexibility index (Phi) is 4.35. The second-order valence-corrected chi connectivity index (χ2v) is 4.34. The van der Waals surface area contributed by atoms with Crippen molar-refractivity contribution in [3.63, 3.8) is 0 Å². The summed E-state index contributed by atoms with van der Waals surface area (Å²) in [7, 11) is 1.50. The standard InChI is InChI=1S/C16H15FO3/c1-11(18)15-7-6-14(9-16(15)19-2)20-10-12-4-3-5-13(17)8-12/h3-9H,10H2,1-2H3. The predicted octanol–water partition coefficient (Wildman–Crippen LogP) is 3.62. The zero-order valence-electron chi connectivity index (χ0n) is 11.4. The fraction of sp³-hybridized carbons (Fsp3) is 0.188. The molecule has 0 N–H and O–H groups in total. The summed E-state index contributed by atoms with van der Waals surface area (Å²) in [4.78, 5) is 11.4. The van der Waals surface area contributed by atoms with Crippen molar-refractivity contribution < 1.29 is 18.7 Å². The Morgan fingerprint density at radius 3 is 2.65 bits per heavy atom. The number of halogens is 1. The largest absolute Gasteiger partial charge is 0.496 e. The van der Waals surface area contributed by atoms with E-state index in [-0.39, 0.29) is 18.2 Å². The van der Waals surface area contributed by atoms with Gasteiger partial charge in [0.15, 0.2) is 5.78 Å². The van der Waals surface area contributed by atoms with Gasteiger partial charge in [0.2, 0.25) is 0 Å². The SMILES string of the molecule is COc1cc(OCc2cccc(F)c2)ccc1C(C)=O. The normalized spacial score (nSPS) is 10.2.